The number of aryl methyl sites for hydroxylation is 1. The third-order valence-electron chi connectivity index (χ3n) is 7.09. The average Bonchev–Trinajstić information content (AvgIpc) is 3.30. The molecule has 0 radical (unpaired) electrons. The lowest BCUT2D eigenvalue weighted by Crippen LogP contribution is -2.22. The molecular weight excluding hydrogens is 446 g/mol. The molecule has 180 valence electrons. The van der Waals surface area contributed by atoms with Crippen molar-refractivity contribution < 1.29 is 18.3 Å². The Hall–Kier alpha value is -3.54. The standard InChI is InChI=1S/C29H28F2N2O2/c1-17-9-10-18-15-19(11-12-20(18)29(17)34)33-24-8-6-4-3-5-7-22-23(16-32-28(22)24)21-13-14-25(35-2)27(31)26(21)30/h3-4,8,11-17,22,33H,5-7,9-10H2,1-2H3/b4-3-,24-8-. The molecule has 0 amide bonds. The fourth-order valence-electron chi connectivity index (χ4n) is 5.11. The van der Waals surface area contributed by atoms with Crippen molar-refractivity contribution in [3.63, 3.8) is 0 Å². The van der Waals surface area contributed by atoms with Gasteiger partial charge in [-0.3, -0.25) is 9.79 Å². The molecule has 1 heterocycles. The molecule has 35 heavy (non-hydrogen) atoms. The Bertz CT molecular complexity index is 1310. The maximum Gasteiger partial charge on any atom is 0.201 e. The van der Waals surface area contributed by atoms with Crippen molar-refractivity contribution in [3.05, 3.63) is 88.8 Å². The van der Waals surface area contributed by atoms with Gasteiger partial charge in [-0.15, -0.1) is 0 Å². The van der Waals surface area contributed by atoms with Crippen LogP contribution in [0, 0.1) is 23.5 Å². The number of Topliss-reactive ketones (excluding diaryl/α,β-unsaturated/α-hetero) is 1. The van der Waals surface area contributed by atoms with E-state index in [1.54, 1.807) is 12.3 Å². The number of nitrogens with one attached hydrogen (secondary N) is 1. The summed E-state index contributed by atoms with van der Waals surface area (Å²) in [6.45, 7) is 1.98. The molecule has 3 aliphatic rings. The van der Waals surface area contributed by atoms with Crippen molar-refractivity contribution in [2.45, 2.75) is 39.0 Å². The van der Waals surface area contributed by atoms with E-state index in [9.17, 15) is 13.6 Å². The zero-order chi connectivity index (χ0) is 24.5. The van der Waals surface area contributed by atoms with Gasteiger partial charge in [-0.2, -0.15) is 4.39 Å². The smallest absolute Gasteiger partial charge is 0.201 e. The van der Waals surface area contributed by atoms with E-state index in [1.165, 1.54) is 13.2 Å². The van der Waals surface area contributed by atoms with Gasteiger partial charge < -0.3 is 10.1 Å². The summed E-state index contributed by atoms with van der Waals surface area (Å²) in [7, 11) is 1.32. The number of hydrogen-bond acceptors (Lipinski definition) is 4. The Morgan fingerprint density at radius 3 is 2.71 bits per heavy atom. The molecular formula is C29H28F2N2O2. The monoisotopic (exact) mass is 474 g/mol. The summed E-state index contributed by atoms with van der Waals surface area (Å²) in [5, 5.41) is 3.50. The van der Waals surface area contributed by atoms with Gasteiger partial charge in [-0.05, 0) is 73.6 Å². The minimum Gasteiger partial charge on any atom is -0.494 e. The average molecular weight is 475 g/mol. The molecule has 0 fully saturated rings. The number of fused-ring (bicyclic) bond motifs is 2. The van der Waals surface area contributed by atoms with Crippen molar-refractivity contribution in [1.82, 2.24) is 0 Å². The van der Waals surface area contributed by atoms with Crippen molar-refractivity contribution in [2.24, 2.45) is 16.8 Å². The van der Waals surface area contributed by atoms with Crippen LogP contribution < -0.4 is 10.1 Å². The third kappa shape index (κ3) is 4.33. The van der Waals surface area contributed by atoms with Gasteiger partial charge >= 0.3 is 0 Å². The molecule has 2 aromatic rings. The summed E-state index contributed by atoms with van der Waals surface area (Å²) >= 11 is 0. The number of anilines is 1. The van der Waals surface area contributed by atoms with Crippen LogP contribution >= 0.6 is 0 Å². The lowest BCUT2D eigenvalue weighted by molar-refractivity contribution is 0.0913. The predicted molar refractivity (Wildman–Crippen MR) is 135 cm³/mol. The minimum atomic E-state index is -0.992. The highest BCUT2D eigenvalue weighted by atomic mass is 19.2. The summed E-state index contributed by atoms with van der Waals surface area (Å²) in [6, 6.07) is 8.88. The van der Waals surface area contributed by atoms with Crippen LogP contribution in [-0.4, -0.2) is 18.6 Å². The summed E-state index contributed by atoms with van der Waals surface area (Å²) in [5.74, 6) is -1.95. The van der Waals surface area contributed by atoms with Crippen LogP contribution in [0.5, 0.6) is 5.75 Å². The minimum absolute atomic E-state index is 0.0615. The van der Waals surface area contributed by atoms with E-state index in [-0.39, 0.29) is 28.9 Å². The van der Waals surface area contributed by atoms with Crippen LogP contribution in [0.4, 0.5) is 14.5 Å². The quantitative estimate of drug-likeness (QED) is 0.491. The Labute approximate surface area is 204 Å². The molecule has 5 rings (SSSR count). The fraction of sp³-hybridized carbons (Fsp3) is 0.310. The lowest BCUT2D eigenvalue weighted by Gasteiger charge is -2.23. The summed E-state index contributed by atoms with van der Waals surface area (Å²) in [6.07, 6.45) is 11.9. The normalized spacial score (nSPS) is 24.0. The summed E-state index contributed by atoms with van der Waals surface area (Å²) in [5.41, 5.74) is 5.26. The van der Waals surface area contributed by atoms with E-state index in [1.807, 2.05) is 25.1 Å². The SMILES string of the molecule is COc1ccc(C2=CN=C3/C(Nc4ccc5c(c4)CCC(C)C5=O)=C/C/C=C\CCC23)c(F)c1F. The van der Waals surface area contributed by atoms with Gasteiger partial charge in [0.25, 0.3) is 0 Å². The van der Waals surface area contributed by atoms with Crippen molar-refractivity contribution >= 4 is 22.8 Å². The van der Waals surface area contributed by atoms with Gasteiger partial charge in [0.05, 0.1) is 18.5 Å². The number of ether oxygens (including phenoxy) is 1. The number of carbonyl (C=O) groups is 1. The fourth-order valence-corrected chi connectivity index (χ4v) is 5.11. The Kier molecular flexibility index (Phi) is 6.37. The third-order valence-corrected chi connectivity index (χ3v) is 7.09. The van der Waals surface area contributed by atoms with Crippen LogP contribution in [0.25, 0.3) is 5.57 Å². The highest BCUT2D eigenvalue weighted by Gasteiger charge is 2.31. The molecule has 0 bridgehead atoms. The van der Waals surface area contributed by atoms with E-state index in [0.717, 1.165) is 60.3 Å². The number of nitrogens with zero attached hydrogens (tertiary/aromatic N) is 1. The zero-order valence-electron chi connectivity index (χ0n) is 19.9. The number of hydrogen-bond donors (Lipinski definition) is 1. The van der Waals surface area contributed by atoms with Gasteiger partial charge in [0.15, 0.2) is 17.3 Å². The molecule has 2 atom stereocenters. The number of benzene rings is 2. The highest BCUT2D eigenvalue weighted by Crippen LogP contribution is 2.39. The maximum absolute atomic E-state index is 15.0. The molecule has 2 unspecified atom stereocenters. The first kappa shape index (κ1) is 23.2. The van der Waals surface area contributed by atoms with Gasteiger partial charge in [0, 0.05) is 34.9 Å². The van der Waals surface area contributed by atoms with E-state index >= 15 is 0 Å². The molecule has 2 aromatic carbocycles. The lowest BCUT2D eigenvalue weighted by atomic mass is 9.83. The van der Waals surface area contributed by atoms with E-state index in [2.05, 4.69) is 28.5 Å². The molecule has 4 nitrogen and oxygen atoms in total. The number of rotatable bonds is 4. The van der Waals surface area contributed by atoms with Crippen molar-refractivity contribution in [3.8, 4) is 5.75 Å². The van der Waals surface area contributed by atoms with Crippen molar-refractivity contribution in [1.29, 1.82) is 0 Å². The Morgan fingerprint density at radius 1 is 1.06 bits per heavy atom. The molecule has 1 aliphatic heterocycles. The van der Waals surface area contributed by atoms with Crippen LogP contribution in [-0.2, 0) is 6.42 Å². The molecule has 0 saturated heterocycles. The Balaban J connectivity index is 1.45. The van der Waals surface area contributed by atoms with E-state index in [4.69, 9.17) is 4.74 Å². The molecule has 0 saturated carbocycles. The number of methoxy groups -OCH3 is 1. The second kappa shape index (κ2) is 9.61. The number of ketones is 1. The predicted octanol–water partition coefficient (Wildman–Crippen LogP) is 6.89. The first-order chi connectivity index (χ1) is 17.0. The summed E-state index contributed by atoms with van der Waals surface area (Å²) < 4.78 is 34.4. The molecule has 6 heteroatoms. The second-order valence-corrected chi connectivity index (χ2v) is 9.30. The maximum atomic E-state index is 15.0. The largest absolute Gasteiger partial charge is 0.494 e. The molecule has 0 spiro atoms. The first-order valence-corrected chi connectivity index (χ1v) is 12.1. The van der Waals surface area contributed by atoms with E-state index < -0.39 is 11.6 Å². The van der Waals surface area contributed by atoms with Crippen molar-refractivity contribution in [2.75, 3.05) is 12.4 Å². The number of carbonyl (C=O) groups excluding carboxylic acids is 1. The number of halogens is 2. The zero-order valence-corrected chi connectivity index (χ0v) is 19.9. The summed E-state index contributed by atoms with van der Waals surface area (Å²) in [4.78, 5) is 17.2. The van der Waals surface area contributed by atoms with Gasteiger partial charge in [-0.1, -0.05) is 25.2 Å². The molecule has 2 aliphatic carbocycles. The van der Waals surface area contributed by atoms with Crippen LogP contribution in [0.3, 0.4) is 0 Å². The molecule has 1 N–H and O–H groups in total. The first-order valence-electron chi connectivity index (χ1n) is 12.1. The van der Waals surface area contributed by atoms with Crippen LogP contribution in [0.1, 0.15) is 54.1 Å². The topological polar surface area (TPSA) is 50.7 Å². The van der Waals surface area contributed by atoms with Gasteiger partial charge in [0.2, 0.25) is 5.82 Å². The van der Waals surface area contributed by atoms with Gasteiger partial charge in [-0.25, -0.2) is 4.39 Å². The number of allylic oxidation sites excluding steroid dienone is 5. The second-order valence-electron chi connectivity index (χ2n) is 9.30. The van der Waals surface area contributed by atoms with Crippen LogP contribution in [0.15, 0.2) is 65.4 Å². The Morgan fingerprint density at radius 2 is 1.89 bits per heavy atom. The number of aliphatic imine (C=N–C) groups is 1. The van der Waals surface area contributed by atoms with E-state index in [0.29, 0.717) is 5.57 Å². The molecule has 0 aromatic heterocycles. The highest BCUT2D eigenvalue weighted by molar-refractivity contribution is 6.12. The van der Waals surface area contributed by atoms with Gasteiger partial charge in [0.1, 0.15) is 0 Å². The van der Waals surface area contributed by atoms with Crippen LogP contribution in [0.2, 0.25) is 0 Å².